The summed E-state index contributed by atoms with van der Waals surface area (Å²) in [6.07, 6.45) is 1.50. The number of hydrogen-bond acceptors (Lipinski definition) is 9. The number of carbonyl (C=O) groups is 1. The number of carbonyl (C=O) groups excluding carboxylic acids is 1. The predicted octanol–water partition coefficient (Wildman–Crippen LogP) is 3.99. The van der Waals surface area contributed by atoms with Crippen molar-refractivity contribution in [3.05, 3.63) is 64.9 Å². The van der Waals surface area contributed by atoms with Crippen LogP contribution in [0.15, 0.2) is 48.7 Å². The van der Waals surface area contributed by atoms with E-state index in [9.17, 15) is 4.79 Å². The molecule has 3 heterocycles. The summed E-state index contributed by atoms with van der Waals surface area (Å²) in [5.41, 5.74) is 2.61. The number of halogens is 1. The SMILES string of the molecule is COc1ccc(-c2nc(Nc3ncc(C(=O)Nc4c(C)cccc4Cl)n3C)nc(N3CCN(C)CC3)n2)cc1. The summed E-state index contributed by atoms with van der Waals surface area (Å²) in [5.74, 6) is 2.25. The molecule has 2 N–H and O–H groups in total. The first kappa shape index (κ1) is 26.4. The van der Waals surface area contributed by atoms with Crippen molar-refractivity contribution in [2.75, 3.05) is 55.9 Å². The van der Waals surface area contributed by atoms with E-state index in [1.165, 1.54) is 6.20 Å². The Morgan fingerprint density at radius 2 is 1.74 bits per heavy atom. The quantitative estimate of drug-likeness (QED) is 0.354. The summed E-state index contributed by atoms with van der Waals surface area (Å²) in [6, 6.07) is 13.0. The van der Waals surface area contributed by atoms with E-state index in [-0.39, 0.29) is 5.91 Å². The summed E-state index contributed by atoms with van der Waals surface area (Å²) < 4.78 is 6.94. The molecule has 5 rings (SSSR count). The lowest BCUT2D eigenvalue weighted by Crippen LogP contribution is -2.45. The van der Waals surface area contributed by atoms with E-state index < -0.39 is 0 Å². The zero-order valence-electron chi connectivity index (χ0n) is 22.3. The Bertz CT molecular complexity index is 1460. The first-order valence-electron chi connectivity index (χ1n) is 12.5. The average molecular weight is 548 g/mol. The molecular weight excluding hydrogens is 518 g/mol. The number of nitrogens with one attached hydrogen (secondary N) is 2. The Balaban J connectivity index is 1.44. The molecule has 2 aromatic carbocycles. The Morgan fingerprint density at radius 1 is 1.00 bits per heavy atom. The second-order valence-electron chi connectivity index (χ2n) is 9.34. The second kappa shape index (κ2) is 11.3. The number of anilines is 4. The molecule has 0 aliphatic carbocycles. The molecule has 11 nitrogen and oxygen atoms in total. The lowest BCUT2D eigenvalue weighted by molar-refractivity contribution is 0.101. The maximum atomic E-state index is 13.1. The van der Waals surface area contributed by atoms with Gasteiger partial charge in [-0.05, 0) is 49.9 Å². The van der Waals surface area contributed by atoms with Crippen LogP contribution in [0, 0.1) is 6.92 Å². The van der Waals surface area contributed by atoms with Gasteiger partial charge in [-0.1, -0.05) is 23.7 Å². The lowest BCUT2D eigenvalue weighted by atomic mass is 10.2. The van der Waals surface area contributed by atoms with Crippen LogP contribution in [-0.2, 0) is 7.05 Å². The number of para-hydroxylation sites is 1. The van der Waals surface area contributed by atoms with Crippen LogP contribution >= 0.6 is 11.6 Å². The Kier molecular flexibility index (Phi) is 7.62. The molecule has 1 aliphatic heterocycles. The molecule has 0 unspecified atom stereocenters. The molecule has 0 spiro atoms. The van der Waals surface area contributed by atoms with Gasteiger partial charge in [0.1, 0.15) is 11.4 Å². The fourth-order valence-electron chi connectivity index (χ4n) is 4.24. The zero-order valence-corrected chi connectivity index (χ0v) is 23.0. The topological polar surface area (TPSA) is 113 Å². The molecule has 2 aromatic heterocycles. The van der Waals surface area contributed by atoms with E-state index in [2.05, 4.69) is 37.4 Å². The maximum Gasteiger partial charge on any atom is 0.274 e. The van der Waals surface area contributed by atoms with Crippen LogP contribution in [0.4, 0.5) is 23.5 Å². The Labute approximate surface area is 231 Å². The van der Waals surface area contributed by atoms with Crippen molar-refractivity contribution < 1.29 is 9.53 Å². The van der Waals surface area contributed by atoms with Crippen LogP contribution in [0.1, 0.15) is 16.1 Å². The van der Waals surface area contributed by atoms with Gasteiger partial charge in [-0.25, -0.2) is 4.98 Å². The largest absolute Gasteiger partial charge is 0.497 e. The number of aryl methyl sites for hydroxylation is 1. The van der Waals surface area contributed by atoms with Gasteiger partial charge < -0.3 is 24.4 Å². The number of methoxy groups -OCH3 is 1. The number of rotatable bonds is 7. The van der Waals surface area contributed by atoms with Crippen molar-refractivity contribution in [1.82, 2.24) is 29.4 Å². The van der Waals surface area contributed by atoms with Crippen molar-refractivity contribution >= 4 is 41.0 Å². The van der Waals surface area contributed by atoms with Gasteiger partial charge in [-0.2, -0.15) is 15.0 Å². The third kappa shape index (κ3) is 5.79. The molecule has 0 saturated carbocycles. The average Bonchev–Trinajstić information content (AvgIpc) is 3.30. The molecular formula is C27H30ClN9O2. The summed E-state index contributed by atoms with van der Waals surface area (Å²) in [6.45, 7) is 5.31. The highest BCUT2D eigenvalue weighted by Gasteiger charge is 2.21. The first-order valence-corrected chi connectivity index (χ1v) is 12.9. The van der Waals surface area contributed by atoms with Crippen LogP contribution in [-0.4, -0.2) is 75.6 Å². The van der Waals surface area contributed by atoms with Gasteiger partial charge in [-0.15, -0.1) is 0 Å². The van der Waals surface area contributed by atoms with Crippen LogP contribution in [0.5, 0.6) is 5.75 Å². The number of nitrogens with zero attached hydrogens (tertiary/aromatic N) is 7. The highest BCUT2D eigenvalue weighted by Crippen LogP contribution is 2.27. The standard InChI is InChI=1S/C27H30ClN9O2/c1-17-6-5-7-20(28)22(17)30-24(38)21-16-29-26(36(21)3)33-25-31-23(18-8-10-19(39-4)11-9-18)32-27(34-25)37-14-12-35(2)13-15-37/h5-11,16H,12-15H2,1-4H3,(H,30,38)(H,29,31,32,33,34). The first-order chi connectivity index (χ1) is 18.8. The van der Waals surface area contributed by atoms with E-state index in [4.69, 9.17) is 26.3 Å². The fourth-order valence-corrected chi connectivity index (χ4v) is 4.51. The van der Waals surface area contributed by atoms with Crippen molar-refractivity contribution in [2.24, 2.45) is 7.05 Å². The summed E-state index contributed by atoms with van der Waals surface area (Å²) >= 11 is 6.30. The minimum atomic E-state index is -0.332. The van der Waals surface area contributed by atoms with Gasteiger partial charge in [-0.3, -0.25) is 10.1 Å². The minimum Gasteiger partial charge on any atom is -0.497 e. The number of amides is 1. The monoisotopic (exact) mass is 547 g/mol. The normalized spacial score (nSPS) is 13.8. The molecule has 202 valence electrons. The number of hydrogen-bond donors (Lipinski definition) is 2. The van der Waals surface area contributed by atoms with Gasteiger partial charge in [0.05, 0.1) is 24.0 Å². The smallest absolute Gasteiger partial charge is 0.274 e. The van der Waals surface area contributed by atoms with Crippen molar-refractivity contribution in [3.8, 4) is 17.1 Å². The third-order valence-electron chi connectivity index (χ3n) is 6.66. The molecule has 4 aromatic rings. The molecule has 12 heteroatoms. The maximum absolute atomic E-state index is 13.1. The molecule has 1 aliphatic rings. The molecule has 1 fully saturated rings. The van der Waals surface area contributed by atoms with Gasteiger partial charge in [0.15, 0.2) is 5.82 Å². The van der Waals surface area contributed by atoms with E-state index in [0.29, 0.717) is 40.1 Å². The molecule has 0 bridgehead atoms. The predicted molar refractivity (Wildman–Crippen MR) is 152 cm³/mol. The third-order valence-corrected chi connectivity index (χ3v) is 6.98. The number of ether oxygens (including phenoxy) is 1. The van der Waals surface area contributed by atoms with Crippen molar-refractivity contribution in [2.45, 2.75) is 6.92 Å². The number of piperazine rings is 1. The summed E-state index contributed by atoms with van der Waals surface area (Å²) in [4.78, 5) is 36.0. The van der Waals surface area contributed by atoms with Gasteiger partial charge in [0.2, 0.25) is 17.8 Å². The summed E-state index contributed by atoms with van der Waals surface area (Å²) in [7, 11) is 5.47. The fraction of sp³-hybridized carbons (Fsp3) is 0.296. The van der Waals surface area contributed by atoms with Gasteiger partial charge >= 0.3 is 0 Å². The van der Waals surface area contributed by atoms with E-state index in [1.54, 1.807) is 24.8 Å². The second-order valence-corrected chi connectivity index (χ2v) is 9.75. The number of likely N-dealkylation sites (N-methyl/N-ethyl adjacent to an activating group) is 1. The highest BCUT2D eigenvalue weighted by atomic mass is 35.5. The number of aromatic nitrogens is 5. The Morgan fingerprint density at radius 3 is 2.44 bits per heavy atom. The van der Waals surface area contributed by atoms with E-state index >= 15 is 0 Å². The van der Waals surface area contributed by atoms with Crippen LogP contribution in [0.25, 0.3) is 11.4 Å². The highest BCUT2D eigenvalue weighted by molar-refractivity contribution is 6.34. The number of imidazole rings is 1. The van der Waals surface area contributed by atoms with Crippen LogP contribution in [0.3, 0.4) is 0 Å². The van der Waals surface area contributed by atoms with E-state index in [1.807, 2.05) is 43.3 Å². The molecule has 1 saturated heterocycles. The molecule has 0 atom stereocenters. The number of benzene rings is 2. The van der Waals surface area contributed by atoms with Crippen LogP contribution < -0.4 is 20.3 Å². The van der Waals surface area contributed by atoms with Gasteiger partial charge in [0.25, 0.3) is 5.91 Å². The Hall–Kier alpha value is -4.22. The van der Waals surface area contributed by atoms with E-state index in [0.717, 1.165) is 43.1 Å². The van der Waals surface area contributed by atoms with Crippen molar-refractivity contribution in [3.63, 3.8) is 0 Å². The van der Waals surface area contributed by atoms with Gasteiger partial charge in [0, 0.05) is 38.8 Å². The van der Waals surface area contributed by atoms with Crippen molar-refractivity contribution in [1.29, 1.82) is 0 Å². The summed E-state index contributed by atoms with van der Waals surface area (Å²) in [5, 5.41) is 6.53. The van der Waals surface area contributed by atoms with Crippen LogP contribution in [0.2, 0.25) is 5.02 Å². The molecule has 39 heavy (non-hydrogen) atoms. The molecule has 1 amide bonds. The minimum absolute atomic E-state index is 0.326. The zero-order chi connectivity index (χ0) is 27.5. The lowest BCUT2D eigenvalue weighted by Gasteiger charge is -2.32. The molecule has 0 radical (unpaired) electrons.